The van der Waals surface area contributed by atoms with E-state index in [1.807, 2.05) is 24.3 Å². The van der Waals surface area contributed by atoms with Gasteiger partial charge in [-0.25, -0.2) is 4.98 Å². The molecule has 1 N–H and O–H groups in total. The Morgan fingerprint density at radius 2 is 1.90 bits per heavy atom. The van der Waals surface area contributed by atoms with Crippen molar-refractivity contribution >= 4 is 34.3 Å². The lowest BCUT2D eigenvalue weighted by Crippen LogP contribution is -2.12. The number of halogens is 1. The minimum Gasteiger partial charge on any atom is -0.493 e. The fourth-order valence-corrected chi connectivity index (χ4v) is 3.09. The molecule has 0 unspecified atom stereocenters. The Morgan fingerprint density at radius 3 is 2.67 bits per heavy atom. The zero-order valence-electron chi connectivity index (χ0n) is 16.7. The van der Waals surface area contributed by atoms with Crippen LogP contribution in [0.5, 0.6) is 5.75 Å². The van der Waals surface area contributed by atoms with Crippen molar-refractivity contribution in [2.75, 3.05) is 11.9 Å². The van der Waals surface area contributed by atoms with Gasteiger partial charge in [-0.05, 0) is 66.6 Å². The van der Waals surface area contributed by atoms with Crippen molar-refractivity contribution in [3.63, 3.8) is 0 Å². The van der Waals surface area contributed by atoms with E-state index < -0.39 is 0 Å². The van der Waals surface area contributed by atoms with Crippen LogP contribution in [0.3, 0.4) is 0 Å². The molecule has 4 rings (SSSR count). The van der Waals surface area contributed by atoms with Crippen molar-refractivity contribution in [1.29, 1.82) is 0 Å². The van der Waals surface area contributed by atoms with Crippen molar-refractivity contribution in [3.8, 4) is 17.2 Å². The summed E-state index contributed by atoms with van der Waals surface area (Å²) < 4.78 is 11.5. The lowest BCUT2D eigenvalue weighted by atomic mass is 10.1. The van der Waals surface area contributed by atoms with E-state index >= 15 is 0 Å². The van der Waals surface area contributed by atoms with Crippen LogP contribution < -0.4 is 10.1 Å². The van der Waals surface area contributed by atoms with Gasteiger partial charge in [-0.1, -0.05) is 31.5 Å². The van der Waals surface area contributed by atoms with Gasteiger partial charge in [0.1, 0.15) is 11.3 Å². The third-order valence-corrected chi connectivity index (χ3v) is 4.65. The number of ether oxygens (including phenoxy) is 1. The maximum atomic E-state index is 12.6. The third kappa shape index (κ3) is 4.63. The number of nitrogens with zero attached hydrogens (tertiary/aromatic N) is 1. The molecule has 1 amide bonds. The maximum Gasteiger partial charge on any atom is 0.255 e. The average Bonchev–Trinajstić information content (AvgIpc) is 3.16. The first-order valence-electron chi connectivity index (χ1n) is 9.69. The Morgan fingerprint density at radius 1 is 1.10 bits per heavy atom. The summed E-state index contributed by atoms with van der Waals surface area (Å²) in [6.07, 6.45) is 0. The first-order chi connectivity index (χ1) is 14.5. The molecule has 5 nitrogen and oxygen atoms in total. The van der Waals surface area contributed by atoms with E-state index in [0.717, 1.165) is 11.3 Å². The van der Waals surface area contributed by atoms with Gasteiger partial charge in [0, 0.05) is 21.8 Å². The standard InChI is InChI=1S/C24H21ClN2O3/c1-15(2)14-29-20-9-6-16(7-10-20)23(28)26-19-5-3-4-17(12-19)24-27-21-13-18(25)8-11-22(21)30-24/h3-13,15H,14H2,1-2H3,(H,26,28). The molecular weight excluding hydrogens is 400 g/mol. The van der Waals surface area contributed by atoms with Crippen LogP contribution in [0.15, 0.2) is 71.1 Å². The second kappa shape index (κ2) is 8.59. The minimum atomic E-state index is -0.202. The number of hydrogen-bond acceptors (Lipinski definition) is 4. The summed E-state index contributed by atoms with van der Waals surface area (Å²) in [5, 5.41) is 3.51. The molecule has 0 saturated carbocycles. The van der Waals surface area contributed by atoms with Crippen LogP contribution in [0.1, 0.15) is 24.2 Å². The zero-order valence-corrected chi connectivity index (χ0v) is 17.4. The van der Waals surface area contributed by atoms with Crippen LogP contribution in [0.4, 0.5) is 5.69 Å². The Hall–Kier alpha value is -3.31. The molecule has 0 aliphatic carbocycles. The number of benzene rings is 3. The summed E-state index contributed by atoms with van der Waals surface area (Å²) in [4.78, 5) is 17.1. The number of fused-ring (bicyclic) bond motifs is 1. The number of carbonyl (C=O) groups excluding carboxylic acids is 1. The molecule has 1 heterocycles. The highest BCUT2D eigenvalue weighted by atomic mass is 35.5. The number of hydrogen-bond donors (Lipinski definition) is 1. The van der Waals surface area contributed by atoms with E-state index in [4.69, 9.17) is 20.8 Å². The van der Waals surface area contributed by atoms with Crippen LogP contribution >= 0.6 is 11.6 Å². The number of carbonyl (C=O) groups is 1. The van der Waals surface area contributed by atoms with Gasteiger partial charge in [-0.15, -0.1) is 0 Å². The Balaban J connectivity index is 1.49. The van der Waals surface area contributed by atoms with E-state index in [9.17, 15) is 4.79 Å². The summed E-state index contributed by atoms with van der Waals surface area (Å²) in [5.41, 5.74) is 3.31. The molecule has 0 atom stereocenters. The number of rotatable bonds is 6. The Bertz CT molecular complexity index is 1180. The summed E-state index contributed by atoms with van der Waals surface area (Å²) in [6.45, 7) is 4.82. The molecule has 6 heteroatoms. The Labute approximate surface area is 179 Å². The van der Waals surface area contributed by atoms with Gasteiger partial charge in [0.2, 0.25) is 5.89 Å². The van der Waals surface area contributed by atoms with Gasteiger partial charge < -0.3 is 14.5 Å². The zero-order chi connectivity index (χ0) is 21.1. The lowest BCUT2D eigenvalue weighted by molar-refractivity contribution is 0.102. The molecular formula is C24H21ClN2O3. The summed E-state index contributed by atoms with van der Waals surface area (Å²) in [6, 6.07) is 19.8. The fourth-order valence-electron chi connectivity index (χ4n) is 2.92. The largest absolute Gasteiger partial charge is 0.493 e. The van der Waals surface area contributed by atoms with E-state index in [1.54, 1.807) is 42.5 Å². The average molecular weight is 421 g/mol. The predicted molar refractivity (Wildman–Crippen MR) is 119 cm³/mol. The first kappa shape index (κ1) is 20.0. The number of anilines is 1. The molecule has 0 bridgehead atoms. The summed E-state index contributed by atoms with van der Waals surface area (Å²) >= 11 is 6.02. The smallest absolute Gasteiger partial charge is 0.255 e. The molecule has 0 fully saturated rings. The third-order valence-electron chi connectivity index (χ3n) is 4.42. The van der Waals surface area contributed by atoms with Gasteiger partial charge in [-0.2, -0.15) is 0 Å². The molecule has 0 radical (unpaired) electrons. The SMILES string of the molecule is CC(C)COc1ccc(C(=O)Nc2cccc(-c3nc4cc(Cl)ccc4o3)c2)cc1. The molecule has 4 aromatic rings. The van der Waals surface area contributed by atoms with Gasteiger partial charge in [-0.3, -0.25) is 4.79 Å². The predicted octanol–water partition coefficient (Wildman–Crippen LogP) is 6.44. The quantitative estimate of drug-likeness (QED) is 0.390. The van der Waals surface area contributed by atoms with Gasteiger partial charge in [0.25, 0.3) is 5.91 Å². The molecule has 3 aromatic carbocycles. The van der Waals surface area contributed by atoms with Crippen LogP contribution in [0, 0.1) is 5.92 Å². The van der Waals surface area contributed by atoms with Crippen molar-refractivity contribution in [1.82, 2.24) is 4.98 Å². The fraction of sp³-hybridized carbons (Fsp3) is 0.167. The highest BCUT2D eigenvalue weighted by molar-refractivity contribution is 6.31. The normalized spacial score (nSPS) is 11.1. The summed E-state index contributed by atoms with van der Waals surface area (Å²) in [7, 11) is 0. The number of nitrogens with one attached hydrogen (secondary N) is 1. The van der Waals surface area contributed by atoms with Crippen LogP contribution in [0.2, 0.25) is 5.02 Å². The van der Waals surface area contributed by atoms with Crippen molar-refractivity contribution < 1.29 is 13.9 Å². The molecule has 30 heavy (non-hydrogen) atoms. The van der Waals surface area contributed by atoms with Gasteiger partial charge in [0.05, 0.1) is 6.61 Å². The van der Waals surface area contributed by atoms with Crippen molar-refractivity contribution in [2.45, 2.75) is 13.8 Å². The molecule has 0 aliphatic heterocycles. The van der Waals surface area contributed by atoms with Gasteiger partial charge in [0.15, 0.2) is 5.58 Å². The van der Waals surface area contributed by atoms with Crippen LogP contribution in [0.25, 0.3) is 22.6 Å². The Kier molecular flexibility index (Phi) is 5.72. The van der Waals surface area contributed by atoms with E-state index in [0.29, 0.717) is 45.8 Å². The highest BCUT2D eigenvalue weighted by Crippen LogP contribution is 2.28. The van der Waals surface area contributed by atoms with Crippen molar-refractivity contribution in [2.24, 2.45) is 5.92 Å². The van der Waals surface area contributed by atoms with E-state index in [-0.39, 0.29) is 5.91 Å². The van der Waals surface area contributed by atoms with Gasteiger partial charge >= 0.3 is 0 Å². The topological polar surface area (TPSA) is 64.4 Å². The van der Waals surface area contributed by atoms with E-state index in [1.165, 1.54) is 0 Å². The van der Waals surface area contributed by atoms with Crippen LogP contribution in [-0.4, -0.2) is 17.5 Å². The highest BCUT2D eigenvalue weighted by Gasteiger charge is 2.11. The molecule has 0 spiro atoms. The maximum absolute atomic E-state index is 12.6. The second-order valence-corrected chi connectivity index (χ2v) is 7.83. The number of aromatic nitrogens is 1. The van der Waals surface area contributed by atoms with Crippen LogP contribution in [-0.2, 0) is 0 Å². The monoisotopic (exact) mass is 420 g/mol. The summed E-state index contributed by atoms with van der Waals surface area (Å²) in [5.74, 6) is 1.46. The minimum absolute atomic E-state index is 0.202. The lowest BCUT2D eigenvalue weighted by Gasteiger charge is -2.10. The molecule has 0 saturated heterocycles. The number of amides is 1. The first-order valence-corrected chi connectivity index (χ1v) is 10.1. The second-order valence-electron chi connectivity index (χ2n) is 7.40. The molecule has 152 valence electrons. The number of oxazole rings is 1. The van der Waals surface area contributed by atoms with Crippen molar-refractivity contribution in [3.05, 3.63) is 77.3 Å². The molecule has 1 aromatic heterocycles. The molecule has 0 aliphatic rings. The van der Waals surface area contributed by atoms with E-state index in [2.05, 4.69) is 24.1 Å².